The number of nitrogens with zero attached hydrogens (tertiary/aromatic N) is 2. The lowest BCUT2D eigenvalue weighted by molar-refractivity contribution is -0.119. The van der Waals surface area contributed by atoms with Crippen molar-refractivity contribution < 1.29 is 4.79 Å². The first kappa shape index (κ1) is 18.3. The van der Waals surface area contributed by atoms with Crippen LogP contribution in [0.3, 0.4) is 0 Å². The number of carbonyl (C=O) groups is 1. The number of fused-ring (bicyclic) bond motifs is 1. The highest BCUT2D eigenvalue weighted by Gasteiger charge is 2.14. The minimum absolute atomic E-state index is 0.0613. The highest BCUT2D eigenvalue weighted by molar-refractivity contribution is 7.99. The summed E-state index contributed by atoms with van der Waals surface area (Å²) in [5.41, 5.74) is 0.528. The molecular weight excluding hydrogens is 322 g/mol. The summed E-state index contributed by atoms with van der Waals surface area (Å²) in [6.45, 7) is 10.2. The van der Waals surface area contributed by atoms with E-state index in [0.717, 1.165) is 0 Å². The molecule has 5 nitrogen and oxygen atoms in total. The predicted octanol–water partition coefficient (Wildman–Crippen LogP) is 2.84. The fourth-order valence-electron chi connectivity index (χ4n) is 2.14. The van der Waals surface area contributed by atoms with E-state index in [1.807, 2.05) is 19.1 Å². The van der Waals surface area contributed by atoms with E-state index in [0.29, 0.717) is 28.5 Å². The molecule has 1 heterocycles. The van der Waals surface area contributed by atoms with Gasteiger partial charge in [-0.3, -0.25) is 14.2 Å². The maximum atomic E-state index is 12.6. The normalized spacial score (nSPS) is 12.3. The van der Waals surface area contributed by atoms with Gasteiger partial charge in [0.05, 0.1) is 16.7 Å². The molecule has 1 aromatic heterocycles. The topological polar surface area (TPSA) is 64.0 Å². The van der Waals surface area contributed by atoms with Gasteiger partial charge in [-0.2, -0.15) is 0 Å². The van der Waals surface area contributed by atoms with Gasteiger partial charge in [0.2, 0.25) is 5.91 Å². The monoisotopic (exact) mass is 345 g/mol. The maximum absolute atomic E-state index is 12.6. The van der Waals surface area contributed by atoms with E-state index in [9.17, 15) is 9.59 Å². The zero-order valence-corrected chi connectivity index (χ0v) is 15.1. The molecule has 0 aliphatic heterocycles. The van der Waals surface area contributed by atoms with Crippen molar-refractivity contribution >= 4 is 28.6 Å². The summed E-state index contributed by atoms with van der Waals surface area (Å²) < 4.78 is 1.55. The van der Waals surface area contributed by atoms with Gasteiger partial charge in [-0.25, -0.2) is 4.98 Å². The van der Waals surface area contributed by atoms with Crippen molar-refractivity contribution in [2.24, 2.45) is 5.92 Å². The van der Waals surface area contributed by atoms with Gasteiger partial charge in [-0.15, -0.1) is 6.58 Å². The van der Waals surface area contributed by atoms with Gasteiger partial charge >= 0.3 is 0 Å². The Morgan fingerprint density at radius 2 is 2.08 bits per heavy atom. The summed E-state index contributed by atoms with van der Waals surface area (Å²) in [5, 5.41) is 4.06. The molecular formula is C18H23N3O2S. The summed E-state index contributed by atoms with van der Waals surface area (Å²) in [5.74, 6) is 0.532. The molecule has 0 spiro atoms. The van der Waals surface area contributed by atoms with E-state index in [-0.39, 0.29) is 23.3 Å². The van der Waals surface area contributed by atoms with E-state index >= 15 is 0 Å². The maximum Gasteiger partial charge on any atom is 0.262 e. The number of hydrogen-bond acceptors (Lipinski definition) is 4. The summed E-state index contributed by atoms with van der Waals surface area (Å²) in [4.78, 5) is 29.2. The van der Waals surface area contributed by atoms with Crippen molar-refractivity contribution in [3.63, 3.8) is 0 Å². The molecule has 0 bridgehead atoms. The number of carbonyl (C=O) groups excluding carboxylic acids is 1. The van der Waals surface area contributed by atoms with Crippen LogP contribution in [0.4, 0.5) is 0 Å². The van der Waals surface area contributed by atoms with Crippen LogP contribution in [0.1, 0.15) is 20.8 Å². The zero-order valence-electron chi connectivity index (χ0n) is 14.3. The van der Waals surface area contributed by atoms with E-state index in [4.69, 9.17) is 0 Å². The quantitative estimate of drug-likeness (QED) is 0.476. The van der Waals surface area contributed by atoms with Crippen LogP contribution < -0.4 is 10.9 Å². The number of rotatable bonds is 7. The lowest BCUT2D eigenvalue weighted by atomic mass is 10.1. The average Bonchev–Trinajstić information content (AvgIpc) is 2.56. The first-order valence-corrected chi connectivity index (χ1v) is 8.95. The van der Waals surface area contributed by atoms with E-state index < -0.39 is 0 Å². The molecule has 1 atom stereocenters. The van der Waals surface area contributed by atoms with Crippen LogP contribution >= 0.6 is 11.8 Å². The van der Waals surface area contributed by atoms with Gasteiger partial charge in [-0.05, 0) is 25.0 Å². The summed E-state index contributed by atoms with van der Waals surface area (Å²) in [6, 6.07) is 7.34. The number of aromatic nitrogens is 2. The molecule has 2 rings (SSSR count). The molecule has 0 fully saturated rings. The Hall–Kier alpha value is -2.08. The van der Waals surface area contributed by atoms with Crippen molar-refractivity contribution in [3.8, 4) is 0 Å². The first-order valence-electron chi connectivity index (χ1n) is 7.96. The summed E-state index contributed by atoms with van der Waals surface area (Å²) in [7, 11) is 0. The molecule has 0 aliphatic rings. The molecule has 0 saturated heterocycles. The highest BCUT2D eigenvalue weighted by Crippen LogP contribution is 2.17. The lowest BCUT2D eigenvalue weighted by Gasteiger charge is -2.17. The summed E-state index contributed by atoms with van der Waals surface area (Å²) >= 11 is 1.27. The first-order chi connectivity index (χ1) is 11.4. The van der Waals surface area contributed by atoms with Crippen molar-refractivity contribution in [2.75, 3.05) is 5.75 Å². The second-order valence-corrected chi connectivity index (χ2v) is 6.95. The van der Waals surface area contributed by atoms with Crippen LogP contribution in [0.5, 0.6) is 0 Å². The molecule has 6 heteroatoms. The third-order valence-electron chi connectivity index (χ3n) is 3.86. The van der Waals surface area contributed by atoms with Crippen LogP contribution in [0.15, 0.2) is 46.9 Å². The van der Waals surface area contributed by atoms with Gasteiger partial charge in [0, 0.05) is 12.6 Å². The van der Waals surface area contributed by atoms with Crippen LogP contribution in [-0.4, -0.2) is 27.3 Å². The van der Waals surface area contributed by atoms with Gasteiger partial charge in [0.1, 0.15) is 0 Å². The Bertz CT molecular complexity index is 798. The number of thioether (sulfide) groups is 1. The van der Waals surface area contributed by atoms with Gasteiger partial charge in [-0.1, -0.05) is 43.8 Å². The van der Waals surface area contributed by atoms with Crippen LogP contribution in [0.25, 0.3) is 10.9 Å². The Balaban J connectivity index is 2.24. The van der Waals surface area contributed by atoms with E-state index in [1.54, 1.807) is 22.8 Å². The molecule has 0 saturated carbocycles. The smallest absolute Gasteiger partial charge is 0.262 e. The second kappa shape index (κ2) is 8.15. The van der Waals surface area contributed by atoms with Gasteiger partial charge in [0.15, 0.2) is 5.16 Å². The molecule has 0 aliphatic carbocycles. The Morgan fingerprint density at radius 3 is 2.75 bits per heavy atom. The lowest BCUT2D eigenvalue weighted by Crippen LogP contribution is -2.37. The zero-order chi connectivity index (χ0) is 17.7. The van der Waals surface area contributed by atoms with Crippen molar-refractivity contribution in [3.05, 3.63) is 47.3 Å². The molecule has 0 radical (unpaired) electrons. The van der Waals surface area contributed by atoms with Crippen LogP contribution in [-0.2, 0) is 11.3 Å². The number of allylic oxidation sites excluding steroid dienone is 1. The largest absolute Gasteiger partial charge is 0.353 e. The number of hydrogen-bond donors (Lipinski definition) is 1. The van der Waals surface area contributed by atoms with Crippen LogP contribution in [0.2, 0.25) is 0 Å². The SMILES string of the molecule is C=CCn1c(SCC(=O)NC(C)C(C)C)nc2ccccc2c1=O. The third-order valence-corrected chi connectivity index (χ3v) is 4.84. The van der Waals surface area contributed by atoms with E-state index in [2.05, 4.69) is 30.7 Å². The Labute approximate surface area is 146 Å². The minimum Gasteiger partial charge on any atom is -0.353 e. The highest BCUT2D eigenvalue weighted by atomic mass is 32.2. The molecule has 1 aromatic carbocycles. The van der Waals surface area contributed by atoms with Crippen molar-refractivity contribution in [1.29, 1.82) is 0 Å². The Morgan fingerprint density at radius 1 is 1.38 bits per heavy atom. The van der Waals surface area contributed by atoms with Gasteiger partial charge in [0.25, 0.3) is 5.56 Å². The average molecular weight is 345 g/mol. The molecule has 1 unspecified atom stereocenters. The third kappa shape index (κ3) is 4.26. The molecule has 2 aromatic rings. The van der Waals surface area contributed by atoms with E-state index in [1.165, 1.54) is 11.8 Å². The molecule has 1 N–H and O–H groups in total. The predicted molar refractivity (Wildman–Crippen MR) is 99.4 cm³/mol. The minimum atomic E-state index is -0.112. The Kier molecular flexibility index (Phi) is 6.20. The number of nitrogens with one attached hydrogen (secondary N) is 1. The number of para-hydroxylation sites is 1. The number of amides is 1. The molecule has 1 amide bonds. The molecule has 128 valence electrons. The molecule has 24 heavy (non-hydrogen) atoms. The standard InChI is InChI=1S/C18H23N3O2S/c1-5-10-21-17(23)14-8-6-7-9-15(14)20-18(21)24-11-16(22)19-13(4)12(2)3/h5-9,12-13H,1,10-11H2,2-4H3,(H,19,22). The number of benzene rings is 1. The fraction of sp³-hybridized carbons (Fsp3) is 0.389. The van der Waals surface area contributed by atoms with Crippen LogP contribution in [0, 0.1) is 5.92 Å². The fourth-order valence-corrected chi connectivity index (χ4v) is 2.96. The van der Waals surface area contributed by atoms with Crippen molar-refractivity contribution in [2.45, 2.75) is 38.5 Å². The van der Waals surface area contributed by atoms with Gasteiger partial charge < -0.3 is 5.32 Å². The second-order valence-electron chi connectivity index (χ2n) is 6.00. The van der Waals surface area contributed by atoms with Crippen molar-refractivity contribution in [1.82, 2.24) is 14.9 Å². The summed E-state index contributed by atoms with van der Waals surface area (Å²) in [6.07, 6.45) is 1.66.